The number of azide groups is 1. The van der Waals surface area contributed by atoms with Gasteiger partial charge >= 0.3 is 0 Å². The monoisotopic (exact) mass is 121 g/mol. The van der Waals surface area contributed by atoms with Crippen LogP contribution in [0, 0.1) is 0 Å². The average Bonchev–Trinajstić information content (AvgIpc) is 1.37. The van der Waals surface area contributed by atoms with Crippen LogP contribution >= 0.6 is 0 Å². The molecule has 0 aromatic heterocycles. The Kier molecular flexibility index (Phi) is 16.1. The molecule has 0 atom stereocenters. The number of nitrogens with zero attached hydrogens (tertiary/aromatic N) is 3. The van der Waals surface area contributed by atoms with Gasteiger partial charge in [0.05, 0.1) is 0 Å². The largest absolute Gasteiger partial charge is 0.0973 e. The second kappa shape index (κ2) is 9.05. The Bertz CT molecular complexity index is 44.9. The summed E-state index contributed by atoms with van der Waals surface area (Å²) in [6.07, 6.45) is 0. The molecule has 0 aliphatic heterocycles. The molecule has 0 fully saturated rings. The predicted molar refractivity (Wildman–Crippen MR) is 15.1 cm³/mol. The Morgan fingerprint density at radius 1 is 1.80 bits per heavy atom. The quantitative estimate of drug-likeness (QED) is 0.199. The molecular weight excluding hydrogens is 119 g/mol. The molecule has 0 radical (unpaired) electrons. The van der Waals surface area contributed by atoms with E-state index >= 15 is 0 Å². The molecule has 24 valence electrons. The maximum absolute atomic E-state index is 7.33. The summed E-state index contributed by atoms with van der Waals surface area (Å²) in [6, 6.07) is 0. The summed E-state index contributed by atoms with van der Waals surface area (Å²) in [7, 11) is 1.39. The van der Waals surface area contributed by atoms with Crippen LogP contribution < -0.4 is 0 Å². The van der Waals surface area contributed by atoms with Crippen LogP contribution in [0.5, 0.6) is 0 Å². The van der Waals surface area contributed by atoms with Crippen LogP contribution in [0.3, 0.4) is 0 Å². The van der Waals surface area contributed by atoms with Crippen molar-refractivity contribution < 1.29 is 19.5 Å². The minimum absolute atomic E-state index is 0. The zero-order chi connectivity index (χ0) is 3.41. The van der Waals surface area contributed by atoms with Crippen LogP contribution in [0.2, 0.25) is 0 Å². The zero-order valence-electron chi connectivity index (χ0n) is 3.05. The summed E-state index contributed by atoms with van der Waals surface area (Å²) in [5.74, 6) is 0. The minimum atomic E-state index is 0. The molecule has 0 unspecified atom stereocenters. The smallest absolute Gasteiger partial charge is 0.0139 e. The van der Waals surface area contributed by atoms with E-state index in [2.05, 4.69) is 10.0 Å². The zero-order valence-corrected chi connectivity index (χ0v) is 6.02. The summed E-state index contributed by atoms with van der Waals surface area (Å²) >= 11 is 0. The molecule has 0 aromatic carbocycles. The molecule has 3 nitrogen and oxygen atoms in total. The van der Waals surface area contributed by atoms with E-state index in [-0.39, 0.29) is 19.5 Å². The van der Waals surface area contributed by atoms with Crippen LogP contribution in [0.1, 0.15) is 0 Å². The topological polar surface area (TPSA) is 48.8 Å². The molecule has 4 heteroatoms. The van der Waals surface area contributed by atoms with Crippen LogP contribution in [-0.4, -0.2) is 7.05 Å². The van der Waals surface area contributed by atoms with Crippen molar-refractivity contribution >= 4 is 0 Å². The molecule has 5 heavy (non-hydrogen) atoms. The third kappa shape index (κ3) is 16.9. The van der Waals surface area contributed by atoms with Gasteiger partial charge in [-0.2, -0.15) is 0 Å². The number of hydrogen-bond donors (Lipinski definition) is 0. The van der Waals surface area contributed by atoms with Gasteiger partial charge < -0.3 is 0 Å². The first kappa shape index (κ1) is 8.87. The van der Waals surface area contributed by atoms with Gasteiger partial charge in [-0.1, -0.05) is 5.11 Å². The van der Waals surface area contributed by atoms with E-state index in [9.17, 15) is 0 Å². The van der Waals surface area contributed by atoms with E-state index in [0.717, 1.165) is 0 Å². The van der Waals surface area contributed by atoms with Gasteiger partial charge in [0, 0.05) is 31.4 Å². The van der Waals surface area contributed by atoms with Crippen molar-refractivity contribution in [3.8, 4) is 0 Å². The van der Waals surface area contributed by atoms with Crippen molar-refractivity contribution in [3.63, 3.8) is 0 Å². The molecular formula is CH3N3Zn. The van der Waals surface area contributed by atoms with E-state index in [4.69, 9.17) is 5.53 Å². The van der Waals surface area contributed by atoms with Crippen molar-refractivity contribution in [3.05, 3.63) is 10.4 Å². The van der Waals surface area contributed by atoms with Crippen LogP contribution in [-0.2, 0) is 19.5 Å². The van der Waals surface area contributed by atoms with Crippen molar-refractivity contribution in [1.82, 2.24) is 0 Å². The molecule has 0 amide bonds. The van der Waals surface area contributed by atoms with Gasteiger partial charge in [0.2, 0.25) is 0 Å². The molecule has 0 spiro atoms. The minimum Gasteiger partial charge on any atom is -0.0973 e. The normalized spacial score (nSPS) is 3.40. The molecule has 0 bridgehead atoms. The van der Waals surface area contributed by atoms with Gasteiger partial charge in [0.25, 0.3) is 0 Å². The van der Waals surface area contributed by atoms with Crippen molar-refractivity contribution in [2.75, 3.05) is 7.05 Å². The molecule has 0 N–H and O–H groups in total. The van der Waals surface area contributed by atoms with Gasteiger partial charge in [-0.15, -0.1) is 0 Å². The molecule has 0 rings (SSSR count). The molecule has 0 saturated heterocycles. The van der Waals surface area contributed by atoms with Gasteiger partial charge in [-0.25, -0.2) is 0 Å². The Balaban J connectivity index is 0. The maximum Gasteiger partial charge on any atom is 0.0139 e. The van der Waals surface area contributed by atoms with E-state index < -0.39 is 0 Å². The molecule has 0 saturated carbocycles. The molecule has 0 aliphatic carbocycles. The van der Waals surface area contributed by atoms with Crippen molar-refractivity contribution in [2.45, 2.75) is 0 Å². The second-order valence-corrected chi connectivity index (χ2v) is 0.289. The summed E-state index contributed by atoms with van der Waals surface area (Å²) in [5.41, 5.74) is 7.33. The number of rotatable bonds is 0. The fraction of sp³-hybridized carbons (Fsp3) is 1.00. The third-order valence-corrected chi connectivity index (χ3v) is 0.0894. The van der Waals surface area contributed by atoms with Crippen molar-refractivity contribution in [2.24, 2.45) is 5.11 Å². The first-order valence-electron chi connectivity index (χ1n) is 0.847. The maximum atomic E-state index is 7.33. The summed E-state index contributed by atoms with van der Waals surface area (Å²) in [6.45, 7) is 0. The molecule has 0 aromatic rings. The fourth-order valence-electron chi connectivity index (χ4n) is 0. The van der Waals surface area contributed by atoms with E-state index in [1.807, 2.05) is 0 Å². The predicted octanol–water partition coefficient (Wildman–Crippen LogP) is 0.924. The van der Waals surface area contributed by atoms with Gasteiger partial charge in [-0.05, 0) is 5.53 Å². The summed E-state index contributed by atoms with van der Waals surface area (Å²) < 4.78 is 0. The van der Waals surface area contributed by atoms with Crippen LogP contribution in [0.4, 0.5) is 0 Å². The number of hydrogen-bond acceptors (Lipinski definition) is 1. The SMILES string of the molecule is CN=[N+]=[N-].[Zn]. The Hall–Kier alpha value is -0.0666. The third-order valence-electron chi connectivity index (χ3n) is 0.0894. The standard InChI is InChI=1S/CH3N3.Zn/c1-3-4-2;/h1H3;. The summed E-state index contributed by atoms with van der Waals surface area (Å²) in [5, 5.41) is 2.92. The van der Waals surface area contributed by atoms with Gasteiger partial charge in [0.1, 0.15) is 0 Å². The first-order chi connectivity index (χ1) is 1.91. The second-order valence-electron chi connectivity index (χ2n) is 0.289. The Morgan fingerprint density at radius 3 is 2.00 bits per heavy atom. The van der Waals surface area contributed by atoms with Crippen LogP contribution in [0.25, 0.3) is 10.4 Å². The van der Waals surface area contributed by atoms with E-state index in [1.54, 1.807) is 0 Å². The fourth-order valence-corrected chi connectivity index (χ4v) is 0. The molecule has 0 heterocycles. The van der Waals surface area contributed by atoms with E-state index in [1.165, 1.54) is 7.05 Å². The van der Waals surface area contributed by atoms with Crippen molar-refractivity contribution in [1.29, 1.82) is 0 Å². The summed E-state index contributed by atoms with van der Waals surface area (Å²) in [4.78, 5) is 2.36. The first-order valence-corrected chi connectivity index (χ1v) is 0.847. The van der Waals surface area contributed by atoms with Gasteiger partial charge in [-0.3, -0.25) is 0 Å². The Labute approximate surface area is 42.8 Å². The van der Waals surface area contributed by atoms with Crippen LogP contribution in [0.15, 0.2) is 5.11 Å². The van der Waals surface area contributed by atoms with Gasteiger partial charge in [0.15, 0.2) is 0 Å². The average molecular weight is 122 g/mol. The van der Waals surface area contributed by atoms with E-state index in [0.29, 0.717) is 0 Å². The Morgan fingerprint density at radius 2 is 2.00 bits per heavy atom. The molecule has 0 aliphatic rings.